The molecule has 3 heteroatoms. The number of hydrogen-bond donors (Lipinski definition) is 1. The molecule has 4 saturated carbocycles. The summed E-state index contributed by atoms with van der Waals surface area (Å²) in [5, 5.41) is 8.92. The largest absolute Gasteiger partial charge is 0.481 e. The van der Waals surface area contributed by atoms with Crippen LogP contribution in [0.2, 0.25) is 0 Å². The number of carboxylic acid groups (broad SMARTS) is 1. The van der Waals surface area contributed by atoms with Crippen LogP contribution in [0.5, 0.6) is 0 Å². The molecular weight excluding hydrogens is 262 g/mol. The van der Waals surface area contributed by atoms with Crippen molar-refractivity contribution in [3.05, 3.63) is 0 Å². The number of rotatable bonds is 7. The van der Waals surface area contributed by atoms with Crippen molar-refractivity contribution < 1.29 is 9.90 Å². The van der Waals surface area contributed by atoms with Gasteiger partial charge < -0.3 is 10.0 Å². The summed E-state index contributed by atoms with van der Waals surface area (Å²) < 4.78 is 0. The molecule has 4 fully saturated rings. The van der Waals surface area contributed by atoms with E-state index in [1.807, 2.05) is 0 Å². The lowest BCUT2D eigenvalue weighted by Crippen LogP contribution is -2.47. The van der Waals surface area contributed by atoms with E-state index >= 15 is 0 Å². The first-order valence-electron chi connectivity index (χ1n) is 8.92. The van der Waals surface area contributed by atoms with Crippen LogP contribution in [0.4, 0.5) is 0 Å². The van der Waals surface area contributed by atoms with Crippen LogP contribution < -0.4 is 0 Å². The average molecular weight is 293 g/mol. The van der Waals surface area contributed by atoms with Crippen molar-refractivity contribution in [3.63, 3.8) is 0 Å². The normalized spacial score (nSPS) is 37.6. The van der Waals surface area contributed by atoms with Gasteiger partial charge in [0.05, 0.1) is 6.42 Å². The van der Waals surface area contributed by atoms with Crippen molar-refractivity contribution in [3.8, 4) is 0 Å². The lowest BCUT2D eigenvalue weighted by Gasteiger charge is -2.57. The van der Waals surface area contributed by atoms with E-state index < -0.39 is 5.97 Å². The fourth-order valence-corrected chi connectivity index (χ4v) is 5.84. The van der Waals surface area contributed by atoms with Crippen LogP contribution in [0.25, 0.3) is 0 Å². The average Bonchev–Trinajstić information content (AvgIpc) is 2.35. The van der Waals surface area contributed by atoms with Gasteiger partial charge in [-0.25, -0.2) is 0 Å². The van der Waals surface area contributed by atoms with Gasteiger partial charge >= 0.3 is 5.97 Å². The highest BCUT2D eigenvalue weighted by Crippen LogP contribution is 2.61. The van der Waals surface area contributed by atoms with Crippen LogP contribution in [0.1, 0.15) is 65.2 Å². The van der Waals surface area contributed by atoms with Crippen molar-refractivity contribution in [2.45, 2.75) is 71.3 Å². The molecule has 0 saturated heterocycles. The van der Waals surface area contributed by atoms with E-state index in [0.29, 0.717) is 18.0 Å². The Morgan fingerprint density at radius 2 is 1.62 bits per heavy atom. The van der Waals surface area contributed by atoms with Gasteiger partial charge in [-0.05, 0) is 88.5 Å². The molecule has 0 aromatic rings. The Hall–Kier alpha value is -0.570. The minimum Gasteiger partial charge on any atom is -0.481 e. The lowest BCUT2D eigenvalue weighted by atomic mass is 9.49. The molecule has 1 N–H and O–H groups in total. The Morgan fingerprint density at radius 3 is 2.05 bits per heavy atom. The van der Waals surface area contributed by atoms with Gasteiger partial charge in [0.15, 0.2) is 0 Å². The van der Waals surface area contributed by atoms with Gasteiger partial charge in [0.2, 0.25) is 0 Å². The van der Waals surface area contributed by atoms with Gasteiger partial charge in [-0.3, -0.25) is 4.79 Å². The molecular formula is C18H31NO2. The maximum absolute atomic E-state index is 10.8. The first-order chi connectivity index (χ1) is 9.96. The summed E-state index contributed by atoms with van der Waals surface area (Å²) in [6.07, 6.45) is 10.5. The highest BCUT2D eigenvalue weighted by atomic mass is 16.4. The smallest absolute Gasteiger partial charge is 0.304 e. The van der Waals surface area contributed by atoms with Gasteiger partial charge in [-0.2, -0.15) is 0 Å². The highest BCUT2D eigenvalue weighted by molar-refractivity contribution is 5.66. The molecule has 4 aliphatic carbocycles. The Balaban J connectivity index is 1.56. The second-order valence-electron chi connectivity index (χ2n) is 8.44. The molecule has 0 radical (unpaired) electrons. The molecule has 120 valence electrons. The van der Waals surface area contributed by atoms with Crippen LogP contribution in [-0.4, -0.2) is 35.1 Å². The van der Waals surface area contributed by atoms with E-state index in [-0.39, 0.29) is 6.42 Å². The van der Waals surface area contributed by atoms with Crippen molar-refractivity contribution in [2.24, 2.45) is 23.2 Å². The Bertz CT molecular complexity index is 355. The monoisotopic (exact) mass is 293 g/mol. The van der Waals surface area contributed by atoms with Crippen molar-refractivity contribution >= 4 is 5.97 Å². The maximum atomic E-state index is 10.8. The van der Waals surface area contributed by atoms with Crippen molar-refractivity contribution in [1.82, 2.24) is 4.90 Å². The zero-order valence-corrected chi connectivity index (χ0v) is 13.7. The van der Waals surface area contributed by atoms with Crippen LogP contribution in [-0.2, 0) is 4.79 Å². The Kier molecular flexibility index (Phi) is 4.31. The summed E-state index contributed by atoms with van der Waals surface area (Å²) in [6, 6.07) is 0.457. The Labute approximate surface area is 129 Å². The summed E-state index contributed by atoms with van der Waals surface area (Å²) in [5.74, 6) is 2.38. The van der Waals surface area contributed by atoms with Crippen LogP contribution in [0.15, 0.2) is 0 Å². The topological polar surface area (TPSA) is 40.5 Å². The molecule has 0 spiro atoms. The number of aliphatic carboxylic acids is 1. The third-order valence-electron chi connectivity index (χ3n) is 6.44. The van der Waals surface area contributed by atoms with Crippen LogP contribution in [0, 0.1) is 23.2 Å². The first kappa shape index (κ1) is 15.3. The second kappa shape index (κ2) is 5.91. The van der Waals surface area contributed by atoms with Gasteiger partial charge in [-0.15, -0.1) is 0 Å². The molecule has 0 atom stereocenters. The van der Waals surface area contributed by atoms with E-state index in [9.17, 15) is 4.79 Å². The minimum absolute atomic E-state index is 0.277. The summed E-state index contributed by atoms with van der Waals surface area (Å²) in [6.45, 7) is 6.19. The van der Waals surface area contributed by atoms with Crippen LogP contribution >= 0.6 is 0 Å². The number of carboxylic acids is 1. The van der Waals surface area contributed by atoms with E-state index in [1.165, 1.54) is 44.9 Å². The number of carbonyl (C=O) groups is 1. The van der Waals surface area contributed by atoms with Crippen LogP contribution in [0.3, 0.4) is 0 Å². The zero-order chi connectivity index (χ0) is 15.0. The van der Waals surface area contributed by atoms with Gasteiger partial charge in [0.1, 0.15) is 0 Å². The third kappa shape index (κ3) is 3.44. The van der Waals surface area contributed by atoms with E-state index in [4.69, 9.17) is 5.11 Å². The molecule has 4 bridgehead atoms. The Morgan fingerprint density at radius 1 is 1.10 bits per heavy atom. The fraction of sp³-hybridized carbons (Fsp3) is 0.944. The molecule has 0 aromatic heterocycles. The third-order valence-corrected chi connectivity index (χ3v) is 6.44. The summed E-state index contributed by atoms with van der Waals surface area (Å²) in [7, 11) is 0. The van der Waals surface area contributed by atoms with E-state index in [2.05, 4.69) is 18.7 Å². The highest BCUT2D eigenvalue weighted by Gasteiger charge is 2.50. The first-order valence-corrected chi connectivity index (χ1v) is 8.92. The zero-order valence-electron chi connectivity index (χ0n) is 13.7. The van der Waals surface area contributed by atoms with E-state index in [1.54, 1.807) is 0 Å². The molecule has 0 aromatic carbocycles. The van der Waals surface area contributed by atoms with Gasteiger partial charge in [0.25, 0.3) is 0 Å². The maximum Gasteiger partial charge on any atom is 0.304 e. The molecule has 4 aliphatic rings. The minimum atomic E-state index is -0.671. The standard InChI is InChI=1S/C18H31NO2/c1-13(2)19(5-3-17(20)21)6-4-18-10-14-7-15(11-18)9-16(8-14)12-18/h13-16H,3-12H2,1-2H3,(H,20,21). The molecule has 0 unspecified atom stereocenters. The van der Waals surface area contributed by atoms with Gasteiger partial charge in [-0.1, -0.05) is 0 Å². The van der Waals surface area contributed by atoms with E-state index in [0.717, 1.165) is 24.3 Å². The fourth-order valence-electron chi connectivity index (χ4n) is 5.84. The molecule has 21 heavy (non-hydrogen) atoms. The molecule has 0 aliphatic heterocycles. The number of nitrogens with zero attached hydrogens (tertiary/aromatic N) is 1. The summed E-state index contributed by atoms with van der Waals surface area (Å²) in [5.41, 5.74) is 0.616. The second-order valence-corrected chi connectivity index (χ2v) is 8.44. The predicted molar refractivity (Wildman–Crippen MR) is 84.2 cm³/mol. The lowest BCUT2D eigenvalue weighted by molar-refractivity contribution is -0.137. The van der Waals surface area contributed by atoms with Crippen molar-refractivity contribution in [1.29, 1.82) is 0 Å². The molecule has 0 heterocycles. The summed E-state index contributed by atoms with van der Waals surface area (Å²) in [4.78, 5) is 13.2. The summed E-state index contributed by atoms with van der Waals surface area (Å²) >= 11 is 0. The SMILES string of the molecule is CC(C)N(CCC(=O)O)CCC12CC3CC(CC(C3)C1)C2. The molecule has 3 nitrogen and oxygen atoms in total. The van der Waals surface area contributed by atoms with Crippen molar-refractivity contribution in [2.75, 3.05) is 13.1 Å². The predicted octanol–water partition coefficient (Wildman–Crippen LogP) is 3.78. The molecule has 4 rings (SSSR count). The number of hydrogen-bond acceptors (Lipinski definition) is 2. The van der Waals surface area contributed by atoms with Gasteiger partial charge in [0, 0.05) is 12.6 Å². The quantitative estimate of drug-likeness (QED) is 0.776. The molecule has 0 amide bonds.